The maximum atomic E-state index is 11.2. The second-order valence-corrected chi connectivity index (χ2v) is 6.85. The Morgan fingerprint density at radius 3 is 2.33 bits per heavy atom. The third-order valence-corrected chi connectivity index (χ3v) is 4.76. The summed E-state index contributed by atoms with van der Waals surface area (Å²) in [5, 5.41) is 12.7. The lowest BCUT2D eigenvalue weighted by Crippen LogP contribution is -2.39. The van der Waals surface area contributed by atoms with Gasteiger partial charge in [-0.15, -0.1) is 0 Å². The van der Waals surface area contributed by atoms with Crippen LogP contribution in [-0.2, 0) is 4.79 Å². The number of nitrogens with one attached hydrogen (secondary N) is 1. The molecule has 0 amide bonds. The zero-order chi connectivity index (χ0) is 13.2. The number of hydrogen-bond acceptors (Lipinski definition) is 2. The summed E-state index contributed by atoms with van der Waals surface area (Å²) in [6, 6.07) is 0.560. The average Bonchev–Trinajstić information content (AvgIpc) is 3.06. The van der Waals surface area contributed by atoms with Crippen LogP contribution in [-0.4, -0.2) is 23.7 Å². The van der Waals surface area contributed by atoms with Gasteiger partial charge in [-0.05, 0) is 56.3 Å². The van der Waals surface area contributed by atoms with Gasteiger partial charge in [0.25, 0.3) is 0 Å². The van der Waals surface area contributed by atoms with E-state index in [-0.39, 0.29) is 5.92 Å². The molecular formula is C15H27NO2. The van der Waals surface area contributed by atoms with Crippen molar-refractivity contribution in [2.75, 3.05) is 6.54 Å². The Hall–Kier alpha value is -0.570. The average molecular weight is 253 g/mol. The minimum absolute atomic E-state index is 0.221. The van der Waals surface area contributed by atoms with Crippen LogP contribution in [0.5, 0.6) is 0 Å². The molecule has 2 saturated carbocycles. The number of carbonyl (C=O) groups is 1. The van der Waals surface area contributed by atoms with Gasteiger partial charge in [0.1, 0.15) is 0 Å². The summed E-state index contributed by atoms with van der Waals surface area (Å²) >= 11 is 0. The molecule has 1 unspecified atom stereocenters. The number of hydrogen-bond donors (Lipinski definition) is 2. The highest BCUT2D eigenvalue weighted by Gasteiger charge is 2.44. The van der Waals surface area contributed by atoms with Crippen molar-refractivity contribution in [2.45, 2.75) is 64.8 Å². The van der Waals surface area contributed by atoms with Crippen LogP contribution in [0.25, 0.3) is 0 Å². The molecule has 0 bridgehead atoms. The summed E-state index contributed by atoms with van der Waals surface area (Å²) in [7, 11) is 0. The summed E-state index contributed by atoms with van der Waals surface area (Å²) in [6.07, 6.45) is 8.84. The van der Waals surface area contributed by atoms with Gasteiger partial charge in [-0.2, -0.15) is 0 Å². The first kappa shape index (κ1) is 13.9. The first-order valence-electron chi connectivity index (χ1n) is 7.47. The van der Waals surface area contributed by atoms with Crippen molar-refractivity contribution in [1.82, 2.24) is 5.32 Å². The molecule has 104 valence electrons. The predicted molar refractivity (Wildman–Crippen MR) is 72.5 cm³/mol. The fourth-order valence-corrected chi connectivity index (χ4v) is 3.26. The summed E-state index contributed by atoms with van der Waals surface area (Å²) in [4.78, 5) is 11.2. The monoisotopic (exact) mass is 253 g/mol. The van der Waals surface area contributed by atoms with E-state index in [0.717, 1.165) is 11.8 Å². The summed E-state index contributed by atoms with van der Waals surface area (Å²) in [5.74, 6) is -0.415. The maximum Gasteiger partial charge on any atom is 0.307 e. The molecule has 1 atom stereocenters. The molecule has 3 heteroatoms. The van der Waals surface area contributed by atoms with E-state index in [0.29, 0.717) is 18.5 Å². The molecule has 2 fully saturated rings. The van der Waals surface area contributed by atoms with Gasteiger partial charge in [0.2, 0.25) is 0 Å². The van der Waals surface area contributed by atoms with E-state index in [4.69, 9.17) is 0 Å². The van der Waals surface area contributed by atoms with Crippen molar-refractivity contribution in [1.29, 1.82) is 0 Å². The lowest BCUT2D eigenvalue weighted by Gasteiger charge is -2.30. The molecule has 2 N–H and O–H groups in total. The van der Waals surface area contributed by atoms with Crippen molar-refractivity contribution >= 4 is 5.97 Å². The Morgan fingerprint density at radius 2 is 1.89 bits per heavy atom. The topological polar surface area (TPSA) is 49.3 Å². The molecular weight excluding hydrogens is 226 g/mol. The minimum Gasteiger partial charge on any atom is -0.481 e. The van der Waals surface area contributed by atoms with E-state index in [1.54, 1.807) is 0 Å². The fourth-order valence-electron chi connectivity index (χ4n) is 3.26. The molecule has 0 aromatic carbocycles. The van der Waals surface area contributed by atoms with Gasteiger partial charge in [-0.25, -0.2) is 0 Å². The molecule has 2 rings (SSSR count). The Morgan fingerprint density at radius 1 is 1.28 bits per heavy atom. The molecule has 2 aliphatic carbocycles. The Labute approximate surface area is 110 Å². The molecule has 0 heterocycles. The van der Waals surface area contributed by atoms with Crippen molar-refractivity contribution < 1.29 is 9.90 Å². The summed E-state index contributed by atoms with van der Waals surface area (Å²) in [5.41, 5.74) is 0.725. The first-order chi connectivity index (χ1) is 8.51. The van der Waals surface area contributed by atoms with Gasteiger partial charge in [0.15, 0.2) is 0 Å². The van der Waals surface area contributed by atoms with Crippen LogP contribution in [0, 0.1) is 17.3 Å². The summed E-state index contributed by atoms with van der Waals surface area (Å²) < 4.78 is 0. The maximum absolute atomic E-state index is 11.2. The number of aliphatic carboxylic acids is 1. The van der Waals surface area contributed by atoms with E-state index in [1.165, 1.54) is 38.5 Å². The van der Waals surface area contributed by atoms with Crippen LogP contribution in [0.1, 0.15) is 58.8 Å². The van der Waals surface area contributed by atoms with E-state index in [9.17, 15) is 9.90 Å². The van der Waals surface area contributed by atoms with Crippen molar-refractivity contribution in [3.05, 3.63) is 0 Å². The number of carboxylic acids is 1. The van der Waals surface area contributed by atoms with Crippen molar-refractivity contribution in [2.24, 2.45) is 17.3 Å². The van der Waals surface area contributed by atoms with Gasteiger partial charge in [0.05, 0.1) is 5.92 Å². The number of carboxylic acid groups (broad SMARTS) is 1. The molecule has 0 radical (unpaired) electrons. The molecule has 0 aromatic heterocycles. The third kappa shape index (κ3) is 3.71. The molecule has 18 heavy (non-hydrogen) atoms. The van der Waals surface area contributed by atoms with Crippen LogP contribution in [0.2, 0.25) is 0 Å². The van der Waals surface area contributed by atoms with Crippen LogP contribution in [0.4, 0.5) is 0 Å². The largest absolute Gasteiger partial charge is 0.481 e. The Bertz CT molecular complexity index is 287. The zero-order valence-corrected chi connectivity index (χ0v) is 11.7. The molecule has 0 aliphatic heterocycles. The van der Waals surface area contributed by atoms with Crippen molar-refractivity contribution in [3.8, 4) is 0 Å². The van der Waals surface area contributed by atoms with E-state index in [1.807, 2.05) is 0 Å². The molecule has 3 nitrogen and oxygen atoms in total. The Kier molecular flexibility index (Phi) is 4.31. The van der Waals surface area contributed by atoms with Crippen LogP contribution < -0.4 is 5.32 Å². The quantitative estimate of drug-likeness (QED) is 0.765. The zero-order valence-electron chi connectivity index (χ0n) is 11.7. The smallest absolute Gasteiger partial charge is 0.307 e. The minimum atomic E-state index is -0.648. The second-order valence-electron chi connectivity index (χ2n) is 6.85. The Balaban J connectivity index is 1.70. The lowest BCUT2D eigenvalue weighted by atomic mass is 9.83. The van der Waals surface area contributed by atoms with Crippen LogP contribution >= 0.6 is 0 Å². The highest BCUT2D eigenvalue weighted by molar-refractivity contribution is 5.70. The van der Waals surface area contributed by atoms with E-state index >= 15 is 0 Å². The lowest BCUT2D eigenvalue weighted by molar-refractivity contribution is -0.142. The standard InChI is InChI=1S/C15H27NO2/c1-11(2)9-12(14(17)18)10-16-13-3-5-15(6-4-13)7-8-15/h11-13,16H,3-10H2,1-2H3,(H,17,18). The number of rotatable bonds is 6. The van der Waals surface area contributed by atoms with Gasteiger partial charge in [0, 0.05) is 12.6 Å². The first-order valence-corrected chi connectivity index (χ1v) is 7.47. The van der Waals surface area contributed by atoms with Crippen LogP contribution in [0.15, 0.2) is 0 Å². The SMILES string of the molecule is CC(C)CC(CNC1CCC2(CC1)CC2)C(=O)O. The molecule has 1 spiro atoms. The van der Waals surface area contributed by atoms with Gasteiger partial charge >= 0.3 is 5.97 Å². The molecule has 2 aliphatic rings. The van der Waals surface area contributed by atoms with Gasteiger partial charge in [-0.3, -0.25) is 4.79 Å². The molecule has 0 aromatic rings. The highest BCUT2D eigenvalue weighted by atomic mass is 16.4. The highest BCUT2D eigenvalue weighted by Crippen LogP contribution is 2.56. The molecule has 0 saturated heterocycles. The fraction of sp³-hybridized carbons (Fsp3) is 0.933. The second kappa shape index (κ2) is 5.60. The summed E-state index contributed by atoms with van der Waals surface area (Å²) in [6.45, 7) is 4.83. The van der Waals surface area contributed by atoms with E-state index in [2.05, 4.69) is 19.2 Å². The third-order valence-electron chi connectivity index (χ3n) is 4.76. The normalized spacial score (nSPS) is 24.4. The predicted octanol–water partition coefficient (Wildman–Crippen LogP) is 3.05. The van der Waals surface area contributed by atoms with Gasteiger partial charge < -0.3 is 10.4 Å². The van der Waals surface area contributed by atoms with E-state index < -0.39 is 5.97 Å². The van der Waals surface area contributed by atoms with Crippen LogP contribution in [0.3, 0.4) is 0 Å². The van der Waals surface area contributed by atoms with Crippen molar-refractivity contribution in [3.63, 3.8) is 0 Å². The van der Waals surface area contributed by atoms with Gasteiger partial charge in [-0.1, -0.05) is 13.8 Å².